The first kappa shape index (κ1) is 15.9. The van der Waals surface area contributed by atoms with Crippen molar-refractivity contribution in [2.75, 3.05) is 0 Å². The SMILES string of the molecule is [Li+].[Mg+2].[O]=[Sb]([O-])([O-])[O-]. The first-order chi connectivity index (χ1) is 2.00. The third-order valence-corrected chi connectivity index (χ3v) is 0. The molecule has 0 spiro atoms. The molecule has 0 aliphatic rings. The van der Waals surface area contributed by atoms with Gasteiger partial charge in [0.1, 0.15) is 0 Å². The predicted octanol–water partition coefficient (Wildman–Crippen LogP) is -7.44. The number of hydrogen-bond acceptors (Lipinski definition) is 4. The van der Waals surface area contributed by atoms with Gasteiger partial charge in [0.05, 0.1) is 0 Å². The standard InChI is InChI=1S/Li.Mg.4O.Sb/q+1;+2;;3*-1;. The second kappa shape index (κ2) is 5.99. The summed E-state index contributed by atoms with van der Waals surface area (Å²) in [5.74, 6) is 0. The van der Waals surface area contributed by atoms with Crippen LogP contribution < -0.4 is 29.0 Å². The van der Waals surface area contributed by atoms with Gasteiger partial charge in [0.2, 0.25) is 0 Å². The molecule has 0 N–H and O–H groups in total. The van der Waals surface area contributed by atoms with Crippen LogP contribution in [0.25, 0.3) is 0 Å². The van der Waals surface area contributed by atoms with Crippen LogP contribution in [0.4, 0.5) is 0 Å². The van der Waals surface area contributed by atoms with Gasteiger partial charge in [-0.3, -0.25) is 0 Å². The van der Waals surface area contributed by atoms with Gasteiger partial charge in [-0.15, -0.1) is 0 Å². The fourth-order valence-electron chi connectivity index (χ4n) is 0. The van der Waals surface area contributed by atoms with Crippen molar-refractivity contribution in [1.82, 2.24) is 0 Å². The van der Waals surface area contributed by atoms with Crippen molar-refractivity contribution in [2.45, 2.75) is 0 Å². The van der Waals surface area contributed by atoms with E-state index in [1.54, 1.807) is 0 Å². The molecule has 0 rings (SSSR count). The topological polar surface area (TPSA) is 86.2 Å². The molecule has 0 bridgehead atoms. The van der Waals surface area contributed by atoms with Crippen molar-refractivity contribution in [3.63, 3.8) is 0 Å². The molecule has 0 aliphatic heterocycles. The summed E-state index contributed by atoms with van der Waals surface area (Å²) in [4.78, 5) is 0. The Bertz CT molecular complexity index is 57.8. The summed E-state index contributed by atoms with van der Waals surface area (Å²) in [7, 11) is 0. The van der Waals surface area contributed by atoms with Crippen molar-refractivity contribution in [2.24, 2.45) is 0 Å². The second-order valence-electron chi connectivity index (χ2n) is 0.447. The van der Waals surface area contributed by atoms with E-state index in [-0.39, 0.29) is 41.9 Å². The van der Waals surface area contributed by atoms with Crippen molar-refractivity contribution >= 4 is 43.1 Å². The molecule has 0 fully saturated rings. The van der Waals surface area contributed by atoms with Crippen LogP contribution in [0, 0.1) is 0 Å². The number of hydrogen-bond donors (Lipinski definition) is 0. The quantitative estimate of drug-likeness (QED) is 0.377. The molecule has 0 saturated carbocycles. The zero-order valence-electron chi connectivity index (χ0n) is 3.79. The second-order valence-corrected chi connectivity index (χ2v) is 3.00. The van der Waals surface area contributed by atoms with Crippen LogP contribution in [0.15, 0.2) is 0 Å². The minimum atomic E-state index is -6.10. The Kier molecular flexibility index (Phi) is 13.6. The molecule has 0 amide bonds. The molecule has 0 aromatic heterocycles. The van der Waals surface area contributed by atoms with Crippen LogP contribution in [0.2, 0.25) is 0 Å². The molecular formula is LiMgO4Sb. The summed E-state index contributed by atoms with van der Waals surface area (Å²) in [6.07, 6.45) is 0. The van der Waals surface area contributed by atoms with Crippen LogP contribution >= 0.6 is 0 Å². The summed E-state index contributed by atoms with van der Waals surface area (Å²) in [6.45, 7) is 0. The van der Waals surface area contributed by atoms with E-state index in [1.165, 1.54) is 0 Å². The fraction of sp³-hybridized carbons (Fsp3) is 0. The van der Waals surface area contributed by atoms with Crippen LogP contribution in [-0.2, 0) is 3.02 Å². The van der Waals surface area contributed by atoms with E-state index in [2.05, 4.69) is 0 Å². The molecule has 7 heavy (non-hydrogen) atoms. The molecule has 32 valence electrons. The van der Waals surface area contributed by atoms with Gasteiger partial charge in [0.15, 0.2) is 0 Å². The zero-order chi connectivity index (χ0) is 4.50. The van der Waals surface area contributed by atoms with E-state index < -0.39 is 20.1 Å². The third kappa shape index (κ3) is 77.9. The molecular weight excluding hydrogens is 217 g/mol. The molecule has 0 aromatic carbocycles. The molecule has 0 radical (unpaired) electrons. The first-order valence-electron chi connectivity index (χ1n) is 0.730. The summed E-state index contributed by atoms with van der Waals surface area (Å²) in [6, 6.07) is 0. The van der Waals surface area contributed by atoms with Gasteiger partial charge in [0, 0.05) is 0 Å². The van der Waals surface area contributed by atoms with Crippen LogP contribution in [0.5, 0.6) is 0 Å². The third-order valence-electron chi connectivity index (χ3n) is 0. The van der Waals surface area contributed by atoms with E-state index in [9.17, 15) is 0 Å². The molecule has 0 unspecified atom stereocenters. The van der Waals surface area contributed by atoms with E-state index in [1.807, 2.05) is 0 Å². The first-order valence-corrected chi connectivity index (χ1v) is 4.90. The van der Waals surface area contributed by atoms with E-state index in [4.69, 9.17) is 13.2 Å². The molecule has 0 saturated heterocycles. The zero-order valence-corrected chi connectivity index (χ0v) is 7.75. The van der Waals surface area contributed by atoms with Gasteiger partial charge < -0.3 is 0 Å². The molecule has 0 atom stereocenters. The van der Waals surface area contributed by atoms with Crippen molar-refractivity contribution in [1.29, 1.82) is 0 Å². The van der Waals surface area contributed by atoms with E-state index in [0.29, 0.717) is 0 Å². The van der Waals surface area contributed by atoms with E-state index in [0.717, 1.165) is 0 Å². The summed E-state index contributed by atoms with van der Waals surface area (Å²) in [5, 5.41) is 0. The monoisotopic (exact) mass is 216 g/mol. The van der Waals surface area contributed by atoms with Crippen LogP contribution in [0.3, 0.4) is 0 Å². The molecule has 0 heterocycles. The average molecular weight is 217 g/mol. The molecule has 7 heteroatoms. The van der Waals surface area contributed by atoms with Gasteiger partial charge in [-0.25, -0.2) is 0 Å². The Morgan fingerprint density at radius 3 is 1.14 bits per heavy atom. The van der Waals surface area contributed by atoms with Crippen molar-refractivity contribution in [3.05, 3.63) is 0 Å². The fourth-order valence-corrected chi connectivity index (χ4v) is 0. The Labute approximate surface area is 74.3 Å². The van der Waals surface area contributed by atoms with Crippen molar-refractivity contribution < 1.29 is 32.0 Å². The molecule has 0 aromatic rings. The maximum absolute atomic E-state index is 8.64. The summed E-state index contributed by atoms with van der Waals surface area (Å²) >= 11 is -6.10. The Morgan fingerprint density at radius 1 is 1.14 bits per heavy atom. The Morgan fingerprint density at radius 2 is 1.14 bits per heavy atom. The van der Waals surface area contributed by atoms with Crippen LogP contribution in [0.1, 0.15) is 0 Å². The number of rotatable bonds is 0. The summed E-state index contributed by atoms with van der Waals surface area (Å²) in [5.41, 5.74) is 0. The van der Waals surface area contributed by atoms with E-state index >= 15 is 0 Å². The van der Waals surface area contributed by atoms with Gasteiger partial charge >= 0.3 is 75.1 Å². The predicted molar refractivity (Wildman–Crippen MR) is 12.2 cm³/mol. The Balaban J connectivity index is -0.0000000800. The Hall–Kier alpha value is 1.86. The minimum absolute atomic E-state index is 0. The van der Waals surface area contributed by atoms with Crippen LogP contribution in [-0.4, -0.2) is 43.1 Å². The van der Waals surface area contributed by atoms with Gasteiger partial charge in [0.25, 0.3) is 0 Å². The van der Waals surface area contributed by atoms with Gasteiger partial charge in [-0.1, -0.05) is 0 Å². The summed E-state index contributed by atoms with van der Waals surface area (Å²) < 4.78 is 34.6. The van der Waals surface area contributed by atoms with Crippen molar-refractivity contribution in [3.8, 4) is 0 Å². The van der Waals surface area contributed by atoms with Gasteiger partial charge in [-0.2, -0.15) is 0 Å². The van der Waals surface area contributed by atoms with Gasteiger partial charge in [-0.05, 0) is 0 Å². The maximum atomic E-state index is 8.64. The normalized spacial score (nSPS) is 8.43. The molecule has 4 nitrogen and oxygen atoms in total. The average Bonchev–Trinajstić information content (AvgIpc) is 0.722. The molecule has 0 aliphatic carbocycles.